The molecule has 2 amide bonds. The van der Waals surface area contributed by atoms with Crippen molar-refractivity contribution in [3.8, 4) is 0 Å². The van der Waals surface area contributed by atoms with Crippen LogP contribution in [0.15, 0.2) is 24.3 Å². The summed E-state index contributed by atoms with van der Waals surface area (Å²) in [6.07, 6.45) is 1.20. The Morgan fingerprint density at radius 2 is 2.00 bits per heavy atom. The number of anilines is 1. The number of nitrogens with zero attached hydrogens (tertiary/aromatic N) is 1. The van der Waals surface area contributed by atoms with Gasteiger partial charge in [0.2, 0.25) is 0 Å². The normalized spacial score (nSPS) is 23.8. The predicted octanol–water partition coefficient (Wildman–Crippen LogP) is 3.85. The number of nitrogens with one attached hydrogen (secondary N) is 1. The van der Waals surface area contributed by atoms with Gasteiger partial charge in [-0.25, -0.2) is 4.79 Å². The van der Waals surface area contributed by atoms with E-state index >= 15 is 0 Å². The minimum Gasteiger partial charge on any atom is -0.324 e. The number of likely N-dealkylation sites (tertiary alicyclic amines) is 1. The van der Waals surface area contributed by atoms with Crippen molar-refractivity contribution in [2.24, 2.45) is 11.8 Å². The van der Waals surface area contributed by atoms with Gasteiger partial charge < -0.3 is 10.2 Å². The number of carbonyl (C=O) groups is 1. The summed E-state index contributed by atoms with van der Waals surface area (Å²) in [5.41, 5.74) is 0.748. The first kappa shape index (κ1) is 13.2. The lowest BCUT2D eigenvalue weighted by molar-refractivity contribution is 0.156. The lowest BCUT2D eigenvalue weighted by Gasteiger charge is -2.34. The van der Waals surface area contributed by atoms with Gasteiger partial charge in [-0.2, -0.15) is 0 Å². The Hall–Kier alpha value is -1.22. The van der Waals surface area contributed by atoms with Crippen molar-refractivity contribution in [2.75, 3.05) is 18.4 Å². The van der Waals surface area contributed by atoms with Gasteiger partial charge in [0, 0.05) is 23.8 Å². The lowest BCUT2D eigenvalue weighted by Crippen LogP contribution is -2.44. The van der Waals surface area contributed by atoms with Crippen LogP contribution in [0, 0.1) is 11.8 Å². The van der Waals surface area contributed by atoms with Crippen molar-refractivity contribution in [3.05, 3.63) is 29.3 Å². The molecule has 1 fully saturated rings. The third kappa shape index (κ3) is 3.39. The molecule has 1 aliphatic heterocycles. The van der Waals surface area contributed by atoms with Crippen LogP contribution in [0.2, 0.25) is 5.02 Å². The number of amides is 2. The standard InChI is InChI=1S/C14H19ClN2O/c1-10-6-11(2)9-17(8-10)14(18)16-13-5-3-4-12(15)7-13/h3-5,7,10-11H,6,8-9H2,1-2H3,(H,16,18)/t10-,11-/m0/s1. The maximum absolute atomic E-state index is 12.1. The van der Waals surface area contributed by atoms with E-state index in [4.69, 9.17) is 11.6 Å². The van der Waals surface area contributed by atoms with E-state index in [0.717, 1.165) is 18.8 Å². The first-order chi connectivity index (χ1) is 8.54. The highest BCUT2D eigenvalue weighted by molar-refractivity contribution is 6.30. The van der Waals surface area contributed by atoms with Crippen LogP contribution < -0.4 is 5.32 Å². The highest BCUT2D eigenvalue weighted by Gasteiger charge is 2.25. The summed E-state index contributed by atoms with van der Waals surface area (Å²) >= 11 is 5.90. The Balaban J connectivity index is 1.99. The van der Waals surface area contributed by atoms with Crippen LogP contribution in [0.4, 0.5) is 10.5 Å². The second-order valence-electron chi connectivity index (χ2n) is 5.29. The molecule has 1 N–H and O–H groups in total. The third-order valence-electron chi connectivity index (χ3n) is 3.23. The second kappa shape index (κ2) is 5.61. The molecule has 1 heterocycles. The molecule has 2 atom stereocenters. The van der Waals surface area contributed by atoms with Crippen molar-refractivity contribution in [1.82, 2.24) is 4.90 Å². The average Bonchev–Trinajstić information content (AvgIpc) is 2.27. The fourth-order valence-electron chi connectivity index (χ4n) is 2.60. The smallest absolute Gasteiger partial charge is 0.321 e. The van der Waals surface area contributed by atoms with Crippen LogP contribution in [0.25, 0.3) is 0 Å². The van der Waals surface area contributed by atoms with Gasteiger partial charge in [0.25, 0.3) is 0 Å². The minimum atomic E-state index is -0.0318. The Morgan fingerprint density at radius 1 is 1.33 bits per heavy atom. The molecule has 1 aliphatic rings. The molecule has 1 aromatic rings. The number of rotatable bonds is 1. The maximum Gasteiger partial charge on any atom is 0.321 e. The molecule has 1 saturated heterocycles. The van der Waals surface area contributed by atoms with E-state index in [-0.39, 0.29) is 6.03 Å². The van der Waals surface area contributed by atoms with Crippen LogP contribution in [0.1, 0.15) is 20.3 Å². The van der Waals surface area contributed by atoms with Crippen molar-refractivity contribution >= 4 is 23.3 Å². The van der Waals surface area contributed by atoms with Crippen LogP contribution in [-0.2, 0) is 0 Å². The van der Waals surface area contributed by atoms with Crippen molar-refractivity contribution in [1.29, 1.82) is 0 Å². The molecule has 2 rings (SSSR count). The molecule has 0 unspecified atom stereocenters. The second-order valence-corrected chi connectivity index (χ2v) is 5.73. The molecule has 0 spiro atoms. The molecular weight excluding hydrogens is 248 g/mol. The van der Waals surface area contributed by atoms with Gasteiger partial charge in [0.1, 0.15) is 0 Å². The van der Waals surface area contributed by atoms with Crippen molar-refractivity contribution < 1.29 is 4.79 Å². The van der Waals surface area contributed by atoms with E-state index in [1.165, 1.54) is 6.42 Å². The van der Waals surface area contributed by atoms with Crippen LogP contribution in [0.3, 0.4) is 0 Å². The number of halogens is 1. The van der Waals surface area contributed by atoms with Gasteiger partial charge in [-0.15, -0.1) is 0 Å². The summed E-state index contributed by atoms with van der Waals surface area (Å²) in [7, 11) is 0. The number of carbonyl (C=O) groups excluding carboxylic acids is 1. The van der Waals surface area contributed by atoms with Gasteiger partial charge in [-0.1, -0.05) is 31.5 Å². The quantitative estimate of drug-likeness (QED) is 0.823. The van der Waals surface area contributed by atoms with Gasteiger partial charge in [0.15, 0.2) is 0 Å². The van der Waals surface area contributed by atoms with Gasteiger partial charge in [0.05, 0.1) is 0 Å². The molecule has 0 aromatic heterocycles. The van der Waals surface area contributed by atoms with E-state index in [0.29, 0.717) is 16.9 Å². The highest BCUT2D eigenvalue weighted by atomic mass is 35.5. The zero-order valence-electron chi connectivity index (χ0n) is 10.8. The Kier molecular flexibility index (Phi) is 4.12. The summed E-state index contributed by atoms with van der Waals surface area (Å²) in [5.74, 6) is 1.14. The number of urea groups is 1. The molecule has 4 heteroatoms. The molecule has 0 radical (unpaired) electrons. The summed E-state index contributed by atoms with van der Waals surface area (Å²) in [4.78, 5) is 14.0. The molecule has 0 saturated carbocycles. The summed E-state index contributed by atoms with van der Waals surface area (Å²) in [6, 6.07) is 7.20. The lowest BCUT2D eigenvalue weighted by atomic mass is 9.92. The number of benzene rings is 1. The molecule has 3 nitrogen and oxygen atoms in total. The highest BCUT2D eigenvalue weighted by Crippen LogP contribution is 2.22. The molecule has 98 valence electrons. The third-order valence-corrected chi connectivity index (χ3v) is 3.47. The Labute approximate surface area is 113 Å². The average molecular weight is 267 g/mol. The summed E-state index contributed by atoms with van der Waals surface area (Å²) in [6.45, 7) is 6.04. The van der Waals surface area contributed by atoms with Crippen molar-refractivity contribution in [2.45, 2.75) is 20.3 Å². The van der Waals surface area contributed by atoms with Gasteiger partial charge in [-0.05, 0) is 36.5 Å². The number of hydrogen-bond acceptors (Lipinski definition) is 1. The topological polar surface area (TPSA) is 32.3 Å². The fraction of sp³-hybridized carbons (Fsp3) is 0.500. The van der Waals surface area contributed by atoms with E-state index < -0.39 is 0 Å². The monoisotopic (exact) mass is 266 g/mol. The van der Waals surface area contributed by atoms with Gasteiger partial charge in [-0.3, -0.25) is 0 Å². The molecule has 0 aliphatic carbocycles. The van der Waals surface area contributed by atoms with Crippen molar-refractivity contribution in [3.63, 3.8) is 0 Å². The van der Waals surface area contributed by atoms with Crippen LogP contribution in [-0.4, -0.2) is 24.0 Å². The van der Waals surface area contributed by atoms with E-state index in [9.17, 15) is 4.79 Å². The van der Waals surface area contributed by atoms with Crippen LogP contribution >= 0.6 is 11.6 Å². The summed E-state index contributed by atoms with van der Waals surface area (Å²) < 4.78 is 0. The first-order valence-corrected chi connectivity index (χ1v) is 6.74. The van der Waals surface area contributed by atoms with Crippen LogP contribution in [0.5, 0.6) is 0 Å². The molecule has 18 heavy (non-hydrogen) atoms. The first-order valence-electron chi connectivity index (χ1n) is 6.36. The predicted molar refractivity (Wildman–Crippen MR) is 75.0 cm³/mol. The fourth-order valence-corrected chi connectivity index (χ4v) is 2.79. The van der Waals surface area contributed by atoms with E-state index in [1.54, 1.807) is 12.1 Å². The number of piperidine rings is 1. The van der Waals surface area contributed by atoms with E-state index in [2.05, 4.69) is 19.2 Å². The molecule has 1 aromatic carbocycles. The number of hydrogen-bond donors (Lipinski definition) is 1. The largest absolute Gasteiger partial charge is 0.324 e. The summed E-state index contributed by atoms with van der Waals surface area (Å²) in [5, 5.41) is 3.53. The van der Waals surface area contributed by atoms with E-state index in [1.807, 2.05) is 17.0 Å². The Morgan fingerprint density at radius 3 is 2.61 bits per heavy atom. The zero-order chi connectivity index (χ0) is 13.1. The maximum atomic E-state index is 12.1. The SMILES string of the molecule is C[C@H]1C[C@H](C)CN(C(=O)Nc2cccc(Cl)c2)C1. The zero-order valence-corrected chi connectivity index (χ0v) is 11.6. The molecule has 0 bridgehead atoms. The Bertz CT molecular complexity index is 426. The van der Waals surface area contributed by atoms with Gasteiger partial charge >= 0.3 is 6.03 Å². The molecular formula is C14H19ClN2O. The minimum absolute atomic E-state index is 0.0318.